The van der Waals surface area contributed by atoms with E-state index < -0.39 is 40.9 Å². The van der Waals surface area contributed by atoms with Gasteiger partial charge in [-0.15, -0.1) is 0 Å². The van der Waals surface area contributed by atoms with Crippen LogP contribution in [0.4, 0.5) is 25.4 Å². The quantitative estimate of drug-likeness (QED) is 0.324. The second-order valence-electron chi connectivity index (χ2n) is 8.65. The van der Waals surface area contributed by atoms with Gasteiger partial charge in [-0.2, -0.15) is 0 Å². The van der Waals surface area contributed by atoms with E-state index in [1.54, 1.807) is 24.3 Å². The lowest BCUT2D eigenvalue weighted by molar-refractivity contribution is -0.383. The summed E-state index contributed by atoms with van der Waals surface area (Å²) in [5.74, 6) is -0.792. The number of anilines is 1. The molecule has 3 saturated heterocycles. The van der Waals surface area contributed by atoms with Crippen LogP contribution in [-0.4, -0.2) is 57.4 Å². The number of piperazine rings is 1. The number of amides is 4. The van der Waals surface area contributed by atoms with Crippen LogP contribution >= 0.6 is 0 Å². The van der Waals surface area contributed by atoms with Crippen LogP contribution in [0.25, 0.3) is 10.8 Å². The third kappa shape index (κ3) is 3.04. The first kappa shape index (κ1) is 21.0. The highest BCUT2D eigenvalue weighted by atomic mass is 19.1. The molecule has 176 valence electrons. The lowest BCUT2D eigenvalue weighted by Gasteiger charge is -2.34. The summed E-state index contributed by atoms with van der Waals surface area (Å²) in [7, 11) is 0. The van der Waals surface area contributed by atoms with Crippen molar-refractivity contribution >= 4 is 40.2 Å². The highest BCUT2D eigenvalue weighted by Gasteiger charge is 2.63. The topological polar surface area (TPSA) is 113 Å². The maximum absolute atomic E-state index is 13.5. The van der Waals surface area contributed by atoms with Crippen LogP contribution in [-0.2, 0) is 4.79 Å². The third-order valence-electron chi connectivity index (χ3n) is 6.83. The Labute approximate surface area is 197 Å². The number of halogens is 1. The minimum Gasteiger partial charge on any atom is -0.410 e. The Bertz CT molecular complexity index is 1430. The zero-order valence-corrected chi connectivity index (χ0v) is 18.0. The number of nitrogens with zero attached hydrogens (tertiary/aromatic N) is 4. The van der Waals surface area contributed by atoms with E-state index in [1.165, 1.54) is 46.2 Å². The van der Waals surface area contributed by atoms with Crippen LogP contribution in [0.1, 0.15) is 6.42 Å². The van der Waals surface area contributed by atoms with Crippen molar-refractivity contribution in [3.63, 3.8) is 0 Å². The average molecular weight is 476 g/mol. The molecule has 0 unspecified atom stereocenters. The van der Waals surface area contributed by atoms with E-state index in [0.717, 1.165) is 4.90 Å². The average Bonchev–Trinajstić information content (AvgIpc) is 3.51. The van der Waals surface area contributed by atoms with Gasteiger partial charge in [0.25, 0.3) is 11.6 Å². The fourth-order valence-electron chi connectivity index (χ4n) is 5.37. The standard InChI is InChI=1S/C24H17FN4O6/c25-13-5-7-15(8-6-13)35-24(32)26-12-14-11-20(26)21-22(30)28(23(31)27(14)21)18-9-10-19(29(33)34)17-4-2-1-3-16(17)18/h1-10,14,20-21H,11-12H2/t14-,20-,21+/m0/s1. The molecule has 6 rings (SSSR count). The molecule has 3 aromatic rings. The first-order valence-electron chi connectivity index (χ1n) is 10.9. The number of nitro benzene ring substituents is 1. The number of imide groups is 1. The van der Waals surface area contributed by atoms with Crippen molar-refractivity contribution < 1.29 is 28.4 Å². The molecule has 3 aliphatic rings. The molecule has 0 N–H and O–H groups in total. The Kier molecular flexibility index (Phi) is 4.50. The highest BCUT2D eigenvalue weighted by molar-refractivity contribution is 6.25. The lowest BCUT2D eigenvalue weighted by Crippen LogP contribution is -2.55. The molecule has 3 fully saturated rings. The highest BCUT2D eigenvalue weighted by Crippen LogP contribution is 2.44. The van der Waals surface area contributed by atoms with E-state index in [9.17, 15) is 28.9 Å². The number of hydrogen-bond donors (Lipinski definition) is 0. The van der Waals surface area contributed by atoms with Crippen molar-refractivity contribution in [2.45, 2.75) is 24.5 Å². The summed E-state index contributed by atoms with van der Waals surface area (Å²) < 4.78 is 18.5. The Hall–Kier alpha value is -4.54. The molecule has 3 atom stereocenters. The van der Waals surface area contributed by atoms with Crippen LogP contribution < -0.4 is 9.64 Å². The largest absolute Gasteiger partial charge is 0.415 e. The Balaban J connectivity index is 1.31. The maximum Gasteiger partial charge on any atom is 0.415 e. The molecule has 11 heteroatoms. The van der Waals surface area contributed by atoms with Gasteiger partial charge in [0, 0.05) is 18.0 Å². The van der Waals surface area contributed by atoms with Gasteiger partial charge in [0.1, 0.15) is 17.6 Å². The number of carbonyl (C=O) groups is 3. The smallest absolute Gasteiger partial charge is 0.410 e. The number of ether oxygens (including phenoxy) is 1. The Morgan fingerprint density at radius 3 is 2.46 bits per heavy atom. The first-order valence-corrected chi connectivity index (χ1v) is 10.9. The number of non-ortho nitro benzene ring substituents is 1. The molecule has 0 aromatic heterocycles. The van der Waals surface area contributed by atoms with Crippen molar-refractivity contribution in [3.8, 4) is 5.75 Å². The summed E-state index contributed by atoms with van der Waals surface area (Å²) >= 11 is 0. The molecule has 3 heterocycles. The number of likely N-dealkylation sites (tertiary alicyclic amines) is 1. The second-order valence-corrected chi connectivity index (χ2v) is 8.65. The summed E-state index contributed by atoms with van der Waals surface area (Å²) in [6.45, 7) is 0.203. The zero-order chi connectivity index (χ0) is 24.4. The van der Waals surface area contributed by atoms with Crippen LogP contribution in [0.2, 0.25) is 0 Å². The van der Waals surface area contributed by atoms with Gasteiger partial charge in [-0.05, 0) is 42.8 Å². The zero-order valence-electron chi connectivity index (χ0n) is 18.0. The van der Waals surface area contributed by atoms with Gasteiger partial charge in [0.05, 0.1) is 28.1 Å². The molecular weight excluding hydrogens is 459 g/mol. The molecule has 35 heavy (non-hydrogen) atoms. The summed E-state index contributed by atoms with van der Waals surface area (Å²) in [4.78, 5) is 54.6. The van der Waals surface area contributed by atoms with E-state index in [-0.39, 0.29) is 29.7 Å². The normalized spacial score (nSPS) is 22.8. The van der Waals surface area contributed by atoms with Gasteiger partial charge in [-0.25, -0.2) is 18.9 Å². The van der Waals surface area contributed by atoms with Crippen molar-refractivity contribution in [2.24, 2.45) is 0 Å². The second kappa shape index (κ2) is 7.49. The molecule has 3 aliphatic heterocycles. The van der Waals surface area contributed by atoms with Gasteiger partial charge in [-0.1, -0.05) is 18.2 Å². The number of nitro groups is 1. The number of urea groups is 1. The number of rotatable bonds is 3. The predicted octanol–water partition coefficient (Wildman–Crippen LogP) is 3.68. The monoisotopic (exact) mass is 476 g/mol. The number of benzene rings is 3. The summed E-state index contributed by atoms with van der Waals surface area (Å²) in [6, 6.07) is 11.9. The third-order valence-corrected chi connectivity index (χ3v) is 6.83. The van der Waals surface area contributed by atoms with E-state index in [4.69, 9.17) is 4.74 Å². The maximum atomic E-state index is 13.5. The van der Waals surface area contributed by atoms with E-state index in [1.807, 2.05) is 0 Å². The number of hydrogen-bond acceptors (Lipinski definition) is 6. The molecule has 0 aliphatic carbocycles. The fourth-order valence-corrected chi connectivity index (χ4v) is 5.37. The predicted molar refractivity (Wildman–Crippen MR) is 120 cm³/mol. The summed E-state index contributed by atoms with van der Waals surface area (Å²) in [6.07, 6.45) is -0.238. The first-order chi connectivity index (χ1) is 16.8. The van der Waals surface area contributed by atoms with E-state index >= 15 is 0 Å². The molecule has 10 nitrogen and oxygen atoms in total. The van der Waals surface area contributed by atoms with Gasteiger partial charge in [0.2, 0.25) is 0 Å². The van der Waals surface area contributed by atoms with E-state index in [0.29, 0.717) is 17.2 Å². The summed E-state index contributed by atoms with van der Waals surface area (Å²) in [5, 5.41) is 12.2. The molecule has 4 amide bonds. The Morgan fingerprint density at radius 1 is 1.03 bits per heavy atom. The SMILES string of the molecule is O=C1[C@H]2[C@@H]3C[C@@H](CN3C(=O)Oc3ccc(F)cc3)N2C(=O)N1c1ccc([N+](=O)[O-])c2ccccc12. The van der Waals surface area contributed by atoms with E-state index in [2.05, 4.69) is 0 Å². The molecule has 0 spiro atoms. The van der Waals surface area contributed by atoms with Crippen LogP contribution in [0.15, 0.2) is 60.7 Å². The Morgan fingerprint density at radius 2 is 1.74 bits per heavy atom. The minimum absolute atomic E-state index is 0.126. The van der Waals surface area contributed by atoms with Gasteiger partial charge < -0.3 is 14.5 Å². The minimum atomic E-state index is -0.879. The van der Waals surface area contributed by atoms with Crippen molar-refractivity contribution in [1.82, 2.24) is 9.80 Å². The van der Waals surface area contributed by atoms with Crippen molar-refractivity contribution in [3.05, 3.63) is 76.6 Å². The number of fused-ring (bicyclic) bond motifs is 6. The van der Waals surface area contributed by atoms with Gasteiger partial charge in [0.15, 0.2) is 0 Å². The lowest BCUT2D eigenvalue weighted by atomic mass is 10.0. The molecule has 2 bridgehead atoms. The van der Waals surface area contributed by atoms with Crippen LogP contribution in [0.5, 0.6) is 5.75 Å². The molecule has 3 aromatic carbocycles. The van der Waals surface area contributed by atoms with Gasteiger partial charge >= 0.3 is 12.1 Å². The van der Waals surface area contributed by atoms with Crippen molar-refractivity contribution in [1.29, 1.82) is 0 Å². The summed E-state index contributed by atoms with van der Waals surface area (Å²) in [5.41, 5.74) is 0.133. The molecular formula is C24H17FN4O6. The van der Waals surface area contributed by atoms with Crippen molar-refractivity contribution in [2.75, 3.05) is 11.4 Å². The van der Waals surface area contributed by atoms with Gasteiger partial charge in [-0.3, -0.25) is 14.9 Å². The fraction of sp³-hybridized carbons (Fsp3) is 0.208. The van der Waals surface area contributed by atoms with Crippen LogP contribution in [0, 0.1) is 15.9 Å². The van der Waals surface area contributed by atoms with Crippen LogP contribution in [0.3, 0.4) is 0 Å². The molecule has 0 saturated carbocycles. The number of carbonyl (C=O) groups excluding carboxylic acids is 3. The molecule has 0 radical (unpaired) electrons.